The summed E-state index contributed by atoms with van der Waals surface area (Å²) in [6.07, 6.45) is 7.12. The molecule has 0 aliphatic heterocycles. The fourth-order valence-electron chi connectivity index (χ4n) is 1.51. The highest BCUT2D eigenvalue weighted by molar-refractivity contribution is 5.95. The maximum absolute atomic E-state index is 11.7. The third kappa shape index (κ3) is 4.76. The van der Waals surface area contributed by atoms with Gasteiger partial charge in [-0.2, -0.15) is 5.10 Å². The summed E-state index contributed by atoms with van der Waals surface area (Å²) in [5.41, 5.74) is 4.16. The van der Waals surface area contributed by atoms with E-state index in [1.165, 1.54) is 6.20 Å². The molecular weight excluding hydrogens is 214 g/mol. The minimum Gasteiger partial charge on any atom is -0.267 e. The summed E-state index contributed by atoms with van der Waals surface area (Å²) in [5.74, 6) is -0.206. The maximum Gasteiger partial charge on any atom is 0.272 e. The van der Waals surface area contributed by atoms with Gasteiger partial charge in [0, 0.05) is 18.1 Å². The number of nitrogens with one attached hydrogen (secondary N) is 1. The Balaban J connectivity index is 2.58. The monoisotopic (exact) mass is 233 g/mol. The number of amides is 1. The normalized spacial score (nSPS) is 9.76. The van der Waals surface area contributed by atoms with Crippen molar-refractivity contribution in [3.63, 3.8) is 0 Å². The van der Waals surface area contributed by atoms with Crippen LogP contribution < -0.4 is 5.43 Å². The van der Waals surface area contributed by atoms with Crippen molar-refractivity contribution in [1.82, 2.24) is 10.4 Å². The summed E-state index contributed by atoms with van der Waals surface area (Å²) >= 11 is 0. The predicted molar refractivity (Wildman–Crippen MR) is 69.0 cm³/mol. The lowest BCUT2D eigenvalue weighted by Crippen LogP contribution is -2.19. The predicted octanol–water partition coefficient (Wildman–Crippen LogP) is 2.77. The van der Waals surface area contributed by atoms with Crippen LogP contribution in [0.4, 0.5) is 0 Å². The topological polar surface area (TPSA) is 54.4 Å². The minimum atomic E-state index is -0.206. The highest BCUT2D eigenvalue weighted by Gasteiger charge is 2.04. The first-order chi connectivity index (χ1) is 8.27. The highest BCUT2D eigenvalue weighted by Crippen LogP contribution is 2.01. The lowest BCUT2D eigenvalue weighted by molar-refractivity contribution is 0.0954. The van der Waals surface area contributed by atoms with Gasteiger partial charge in [0.05, 0.1) is 5.56 Å². The second kappa shape index (κ2) is 7.54. The van der Waals surface area contributed by atoms with Crippen molar-refractivity contribution in [2.24, 2.45) is 5.10 Å². The van der Waals surface area contributed by atoms with Crippen molar-refractivity contribution in [1.29, 1.82) is 0 Å². The fraction of sp³-hybridized carbons (Fsp3) is 0.462. The van der Waals surface area contributed by atoms with Crippen molar-refractivity contribution >= 4 is 11.6 Å². The Kier molecular flexibility index (Phi) is 5.93. The number of hydrazone groups is 1. The number of aromatic nitrogens is 1. The van der Waals surface area contributed by atoms with Gasteiger partial charge in [-0.15, -0.1) is 0 Å². The number of carbonyl (C=O) groups is 1. The standard InChI is InChI=1S/C13H19N3O/c1-3-6-12(7-4-2)15-16-13(17)11-8-5-9-14-10-11/h5,8-10H,3-4,6-7H2,1-2H3,(H,16,17). The van der Waals surface area contributed by atoms with E-state index >= 15 is 0 Å². The van der Waals surface area contributed by atoms with Crippen LogP contribution in [0.2, 0.25) is 0 Å². The molecule has 0 radical (unpaired) electrons. The van der Waals surface area contributed by atoms with Gasteiger partial charge in [-0.1, -0.05) is 26.7 Å². The van der Waals surface area contributed by atoms with Gasteiger partial charge in [-0.25, -0.2) is 5.43 Å². The number of hydrogen-bond acceptors (Lipinski definition) is 3. The zero-order valence-electron chi connectivity index (χ0n) is 10.4. The molecule has 1 heterocycles. The van der Waals surface area contributed by atoms with Crippen molar-refractivity contribution in [3.05, 3.63) is 30.1 Å². The zero-order valence-corrected chi connectivity index (χ0v) is 10.4. The second-order valence-electron chi connectivity index (χ2n) is 3.86. The third-order valence-corrected chi connectivity index (χ3v) is 2.32. The maximum atomic E-state index is 11.7. The molecule has 0 fully saturated rings. The molecule has 0 unspecified atom stereocenters. The summed E-state index contributed by atoms with van der Waals surface area (Å²) in [6, 6.07) is 3.45. The summed E-state index contributed by atoms with van der Waals surface area (Å²) in [5, 5.41) is 4.17. The molecule has 0 aromatic carbocycles. The molecule has 4 heteroatoms. The Labute approximate surface area is 102 Å². The van der Waals surface area contributed by atoms with Crippen LogP contribution in [0.25, 0.3) is 0 Å². The molecule has 17 heavy (non-hydrogen) atoms. The molecule has 1 aromatic heterocycles. The van der Waals surface area contributed by atoms with E-state index in [0.29, 0.717) is 5.56 Å². The number of pyridine rings is 1. The molecule has 0 aliphatic carbocycles. The van der Waals surface area contributed by atoms with E-state index in [9.17, 15) is 4.79 Å². The second-order valence-corrected chi connectivity index (χ2v) is 3.86. The Morgan fingerprint density at radius 1 is 1.35 bits per heavy atom. The largest absolute Gasteiger partial charge is 0.272 e. The Morgan fingerprint density at radius 3 is 2.59 bits per heavy atom. The Bertz CT molecular complexity index is 366. The molecule has 1 rings (SSSR count). The average Bonchev–Trinajstić information content (AvgIpc) is 2.37. The highest BCUT2D eigenvalue weighted by atomic mass is 16.2. The Morgan fingerprint density at radius 2 is 2.06 bits per heavy atom. The van der Waals surface area contributed by atoms with E-state index in [2.05, 4.69) is 29.4 Å². The van der Waals surface area contributed by atoms with E-state index in [-0.39, 0.29) is 5.91 Å². The van der Waals surface area contributed by atoms with Crippen LogP contribution in [-0.4, -0.2) is 16.6 Å². The number of carbonyl (C=O) groups excluding carboxylic acids is 1. The molecular formula is C13H19N3O. The lowest BCUT2D eigenvalue weighted by atomic mass is 10.1. The van der Waals surface area contributed by atoms with Crippen molar-refractivity contribution in [3.8, 4) is 0 Å². The van der Waals surface area contributed by atoms with Crippen LogP contribution in [-0.2, 0) is 0 Å². The molecule has 0 spiro atoms. The molecule has 4 nitrogen and oxygen atoms in total. The molecule has 0 saturated heterocycles. The lowest BCUT2D eigenvalue weighted by Gasteiger charge is -2.04. The molecule has 0 aliphatic rings. The molecule has 0 atom stereocenters. The first kappa shape index (κ1) is 13.4. The summed E-state index contributed by atoms with van der Waals surface area (Å²) < 4.78 is 0. The van der Waals surface area contributed by atoms with Crippen LogP contribution in [0, 0.1) is 0 Å². The zero-order chi connectivity index (χ0) is 12.5. The van der Waals surface area contributed by atoms with E-state index in [0.717, 1.165) is 31.4 Å². The Hall–Kier alpha value is -1.71. The quantitative estimate of drug-likeness (QED) is 0.606. The van der Waals surface area contributed by atoms with Crippen LogP contribution in [0.15, 0.2) is 29.6 Å². The SMILES string of the molecule is CCCC(CCC)=NNC(=O)c1cccnc1. The summed E-state index contributed by atoms with van der Waals surface area (Å²) in [7, 11) is 0. The van der Waals surface area contributed by atoms with Gasteiger partial charge in [0.2, 0.25) is 0 Å². The third-order valence-electron chi connectivity index (χ3n) is 2.32. The van der Waals surface area contributed by atoms with Crippen molar-refractivity contribution < 1.29 is 4.79 Å². The summed E-state index contributed by atoms with van der Waals surface area (Å²) in [6.45, 7) is 4.21. The van der Waals surface area contributed by atoms with Gasteiger partial charge in [0.25, 0.3) is 5.91 Å². The van der Waals surface area contributed by atoms with E-state index in [4.69, 9.17) is 0 Å². The smallest absolute Gasteiger partial charge is 0.267 e. The minimum absolute atomic E-state index is 0.206. The van der Waals surface area contributed by atoms with E-state index in [1.54, 1.807) is 18.3 Å². The van der Waals surface area contributed by atoms with Crippen LogP contribution in [0.1, 0.15) is 49.9 Å². The number of nitrogens with zero attached hydrogens (tertiary/aromatic N) is 2. The van der Waals surface area contributed by atoms with Gasteiger partial charge in [-0.05, 0) is 25.0 Å². The van der Waals surface area contributed by atoms with Gasteiger partial charge >= 0.3 is 0 Å². The first-order valence-electron chi connectivity index (χ1n) is 6.03. The average molecular weight is 233 g/mol. The van der Waals surface area contributed by atoms with Crippen molar-refractivity contribution in [2.45, 2.75) is 39.5 Å². The van der Waals surface area contributed by atoms with Gasteiger partial charge in [-0.3, -0.25) is 9.78 Å². The molecule has 1 aromatic rings. The van der Waals surface area contributed by atoms with Crippen LogP contribution in [0.5, 0.6) is 0 Å². The molecule has 92 valence electrons. The molecule has 1 N–H and O–H groups in total. The molecule has 1 amide bonds. The summed E-state index contributed by atoms with van der Waals surface area (Å²) in [4.78, 5) is 15.6. The number of hydrogen-bond donors (Lipinski definition) is 1. The number of rotatable bonds is 6. The van der Waals surface area contributed by atoms with Gasteiger partial charge in [0.15, 0.2) is 0 Å². The first-order valence-corrected chi connectivity index (χ1v) is 6.03. The molecule has 0 bridgehead atoms. The van der Waals surface area contributed by atoms with E-state index < -0.39 is 0 Å². The van der Waals surface area contributed by atoms with Gasteiger partial charge < -0.3 is 0 Å². The fourth-order valence-corrected chi connectivity index (χ4v) is 1.51. The van der Waals surface area contributed by atoms with Gasteiger partial charge in [0.1, 0.15) is 0 Å². The van der Waals surface area contributed by atoms with Crippen LogP contribution >= 0.6 is 0 Å². The van der Waals surface area contributed by atoms with Crippen LogP contribution in [0.3, 0.4) is 0 Å². The molecule has 0 saturated carbocycles. The van der Waals surface area contributed by atoms with E-state index in [1.807, 2.05) is 0 Å². The van der Waals surface area contributed by atoms with Crippen molar-refractivity contribution in [2.75, 3.05) is 0 Å².